The topological polar surface area (TPSA) is 97.1 Å². The van der Waals surface area contributed by atoms with Gasteiger partial charge in [0.2, 0.25) is 5.91 Å². The number of hydroxylamine groups is 1. The number of piperidine rings is 1. The highest BCUT2D eigenvalue weighted by Gasteiger charge is 2.24. The van der Waals surface area contributed by atoms with Gasteiger partial charge in [-0.3, -0.25) is 14.9 Å². The van der Waals surface area contributed by atoms with E-state index >= 15 is 0 Å². The van der Waals surface area contributed by atoms with E-state index in [-0.39, 0.29) is 17.9 Å². The largest absolute Gasteiger partial charge is 0.492 e. The van der Waals surface area contributed by atoms with Crippen LogP contribution in [0.25, 0.3) is 11.1 Å². The minimum atomic E-state index is -0.291. The molecule has 0 saturated carbocycles. The third kappa shape index (κ3) is 4.85. The molecule has 0 radical (unpaired) electrons. The predicted molar refractivity (Wildman–Crippen MR) is 105 cm³/mol. The van der Waals surface area contributed by atoms with Crippen molar-refractivity contribution in [2.75, 3.05) is 26.2 Å². The van der Waals surface area contributed by atoms with E-state index in [1.807, 2.05) is 48.5 Å². The van der Waals surface area contributed by atoms with Crippen LogP contribution in [0.1, 0.15) is 12.8 Å². The Balaban J connectivity index is 1.22. The van der Waals surface area contributed by atoms with Gasteiger partial charge in [-0.2, -0.15) is 4.98 Å². The van der Waals surface area contributed by atoms with Crippen molar-refractivity contribution in [2.45, 2.75) is 12.8 Å². The molecule has 152 valence electrons. The van der Waals surface area contributed by atoms with E-state index in [0.29, 0.717) is 17.9 Å². The standard InChI is InChI=1S/C21H23N3O5/c25-20(23-26)15-9-11-24(12-10-15)13-14-27-16-5-7-17(8-6-16)28-21-22-18-3-1-2-4-19(18)29-21/h1-8,15,26H,9-14H2,(H,23,25). The summed E-state index contributed by atoms with van der Waals surface area (Å²) < 4.78 is 17.0. The van der Waals surface area contributed by atoms with E-state index < -0.39 is 0 Å². The van der Waals surface area contributed by atoms with Crippen LogP contribution in [0.4, 0.5) is 0 Å². The number of aromatic nitrogens is 1. The fourth-order valence-corrected chi connectivity index (χ4v) is 3.40. The highest BCUT2D eigenvalue weighted by atomic mass is 16.6. The van der Waals surface area contributed by atoms with Crippen LogP contribution in [0.5, 0.6) is 17.6 Å². The molecule has 0 atom stereocenters. The molecular formula is C21H23N3O5. The fraction of sp³-hybridized carbons (Fsp3) is 0.333. The number of para-hydroxylation sites is 2. The smallest absolute Gasteiger partial charge is 0.400 e. The second kappa shape index (κ2) is 8.93. The maximum Gasteiger partial charge on any atom is 0.400 e. The van der Waals surface area contributed by atoms with Gasteiger partial charge < -0.3 is 13.9 Å². The molecule has 2 N–H and O–H groups in total. The lowest BCUT2D eigenvalue weighted by atomic mass is 9.96. The molecule has 1 aliphatic heterocycles. The summed E-state index contributed by atoms with van der Waals surface area (Å²) in [6.45, 7) is 2.98. The summed E-state index contributed by atoms with van der Waals surface area (Å²) in [7, 11) is 0. The van der Waals surface area contributed by atoms with Crippen molar-refractivity contribution < 1.29 is 23.9 Å². The number of oxazole rings is 1. The van der Waals surface area contributed by atoms with Crippen molar-refractivity contribution in [3.8, 4) is 17.6 Å². The van der Waals surface area contributed by atoms with Crippen molar-refractivity contribution in [1.29, 1.82) is 0 Å². The summed E-state index contributed by atoms with van der Waals surface area (Å²) in [5.41, 5.74) is 3.18. The molecule has 8 heteroatoms. The molecule has 0 unspecified atom stereocenters. The zero-order valence-electron chi connectivity index (χ0n) is 15.9. The molecule has 0 bridgehead atoms. The normalized spacial score (nSPS) is 15.3. The predicted octanol–water partition coefficient (Wildman–Crippen LogP) is 3.22. The summed E-state index contributed by atoms with van der Waals surface area (Å²) in [6.07, 6.45) is 1.70. The molecule has 1 aliphatic rings. The Morgan fingerprint density at radius 3 is 2.59 bits per heavy atom. The molecule has 1 fully saturated rings. The van der Waals surface area contributed by atoms with E-state index in [9.17, 15) is 4.79 Å². The highest BCUT2D eigenvalue weighted by Crippen LogP contribution is 2.26. The summed E-state index contributed by atoms with van der Waals surface area (Å²) in [4.78, 5) is 18.0. The van der Waals surface area contributed by atoms with Crippen LogP contribution in [-0.4, -0.2) is 47.2 Å². The molecule has 29 heavy (non-hydrogen) atoms. The molecule has 1 aromatic heterocycles. The summed E-state index contributed by atoms with van der Waals surface area (Å²) in [5, 5.41) is 8.70. The number of hydrogen-bond donors (Lipinski definition) is 2. The van der Waals surface area contributed by atoms with Crippen molar-refractivity contribution in [3.05, 3.63) is 48.5 Å². The number of benzene rings is 2. The maximum absolute atomic E-state index is 11.4. The van der Waals surface area contributed by atoms with Crippen molar-refractivity contribution in [2.24, 2.45) is 5.92 Å². The van der Waals surface area contributed by atoms with E-state index in [1.54, 1.807) is 5.48 Å². The first-order valence-electron chi connectivity index (χ1n) is 9.64. The average molecular weight is 397 g/mol. The minimum Gasteiger partial charge on any atom is -0.492 e. The molecule has 2 aromatic carbocycles. The first kappa shape index (κ1) is 19.2. The van der Waals surface area contributed by atoms with Gasteiger partial charge in [0.1, 0.15) is 23.6 Å². The van der Waals surface area contributed by atoms with Gasteiger partial charge in [-0.1, -0.05) is 12.1 Å². The zero-order chi connectivity index (χ0) is 20.1. The summed E-state index contributed by atoms with van der Waals surface area (Å²) in [6, 6.07) is 14.8. The third-order valence-corrected chi connectivity index (χ3v) is 5.05. The average Bonchev–Trinajstić information content (AvgIpc) is 3.17. The van der Waals surface area contributed by atoms with Crippen LogP contribution in [0.2, 0.25) is 0 Å². The number of ether oxygens (including phenoxy) is 2. The molecule has 3 aromatic rings. The molecule has 2 heterocycles. The molecular weight excluding hydrogens is 374 g/mol. The summed E-state index contributed by atoms with van der Waals surface area (Å²) >= 11 is 0. The Kier molecular flexibility index (Phi) is 5.92. The van der Waals surface area contributed by atoms with Gasteiger partial charge in [0, 0.05) is 12.5 Å². The Morgan fingerprint density at radius 1 is 1.14 bits per heavy atom. The van der Waals surface area contributed by atoms with Gasteiger partial charge in [0.05, 0.1) is 0 Å². The monoisotopic (exact) mass is 397 g/mol. The van der Waals surface area contributed by atoms with Gasteiger partial charge in [-0.15, -0.1) is 0 Å². The quantitative estimate of drug-likeness (QED) is 0.467. The van der Waals surface area contributed by atoms with Crippen LogP contribution in [0, 0.1) is 5.92 Å². The van der Waals surface area contributed by atoms with Gasteiger partial charge in [0.25, 0.3) is 0 Å². The van der Waals surface area contributed by atoms with E-state index in [1.165, 1.54) is 0 Å². The van der Waals surface area contributed by atoms with Gasteiger partial charge in [-0.25, -0.2) is 5.48 Å². The number of likely N-dealkylation sites (tertiary alicyclic amines) is 1. The zero-order valence-corrected chi connectivity index (χ0v) is 15.9. The van der Waals surface area contributed by atoms with Crippen molar-refractivity contribution in [3.63, 3.8) is 0 Å². The lowest BCUT2D eigenvalue weighted by Crippen LogP contribution is -2.41. The van der Waals surface area contributed by atoms with Crippen LogP contribution < -0.4 is 15.0 Å². The van der Waals surface area contributed by atoms with Crippen molar-refractivity contribution in [1.82, 2.24) is 15.4 Å². The Bertz CT molecular complexity index is 915. The lowest BCUT2D eigenvalue weighted by molar-refractivity contribution is -0.134. The van der Waals surface area contributed by atoms with Crippen LogP contribution >= 0.6 is 0 Å². The molecule has 0 aliphatic carbocycles. The first-order valence-corrected chi connectivity index (χ1v) is 9.64. The molecule has 1 amide bonds. The van der Waals surface area contributed by atoms with E-state index in [0.717, 1.165) is 43.7 Å². The lowest BCUT2D eigenvalue weighted by Gasteiger charge is -2.30. The van der Waals surface area contributed by atoms with Crippen LogP contribution in [0.15, 0.2) is 52.9 Å². The van der Waals surface area contributed by atoms with Gasteiger partial charge in [-0.05, 0) is 62.3 Å². The van der Waals surface area contributed by atoms with Crippen LogP contribution in [0.3, 0.4) is 0 Å². The highest BCUT2D eigenvalue weighted by molar-refractivity contribution is 5.77. The number of nitrogens with zero attached hydrogens (tertiary/aromatic N) is 2. The molecule has 1 saturated heterocycles. The number of nitrogens with one attached hydrogen (secondary N) is 1. The number of carbonyl (C=O) groups is 1. The first-order chi connectivity index (χ1) is 14.2. The number of fused-ring (bicyclic) bond motifs is 1. The van der Waals surface area contributed by atoms with Gasteiger partial charge >= 0.3 is 6.08 Å². The Hall–Kier alpha value is -3.10. The van der Waals surface area contributed by atoms with Gasteiger partial charge in [0.15, 0.2) is 5.58 Å². The second-order valence-electron chi connectivity index (χ2n) is 6.96. The van der Waals surface area contributed by atoms with E-state index in [4.69, 9.17) is 19.1 Å². The number of carbonyl (C=O) groups excluding carboxylic acids is 1. The fourth-order valence-electron chi connectivity index (χ4n) is 3.40. The maximum atomic E-state index is 11.4. The molecule has 8 nitrogen and oxygen atoms in total. The Labute approximate surface area is 168 Å². The second-order valence-corrected chi connectivity index (χ2v) is 6.96. The number of rotatable bonds is 7. The minimum absolute atomic E-state index is 0.106. The summed E-state index contributed by atoms with van der Waals surface area (Å²) in [5.74, 6) is 0.976. The van der Waals surface area contributed by atoms with Crippen LogP contribution in [-0.2, 0) is 4.79 Å². The number of amides is 1. The van der Waals surface area contributed by atoms with Crippen molar-refractivity contribution >= 4 is 17.0 Å². The molecule has 4 rings (SSSR count). The van der Waals surface area contributed by atoms with E-state index in [2.05, 4.69) is 9.88 Å². The SMILES string of the molecule is O=C(NO)C1CCN(CCOc2ccc(Oc3nc4ccccc4o3)cc2)CC1. The molecule has 0 spiro atoms. The Morgan fingerprint density at radius 2 is 1.86 bits per heavy atom. The third-order valence-electron chi connectivity index (χ3n) is 5.05. The number of hydrogen-bond acceptors (Lipinski definition) is 7.